The second-order valence-corrected chi connectivity index (χ2v) is 9.37. The summed E-state index contributed by atoms with van der Waals surface area (Å²) in [4.78, 5) is 37.4. The number of amides is 1. The van der Waals surface area contributed by atoms with Gasteiger partial charge in [-0.1, -0.05) is 42.0 Å². The minimum absolute atomic E-state index is 0.0189. The van der Waals surface area contributed by atoms with Gasteiger partial charge in [-0.2, -0.15) is 5.10 Å². The molecule has 3 aromatic rings. The first kappa shape index (κ1) is 28.7. The Morgan fingerprint density at radius 3 is 2.32 bits per heavy atom. The standard InChI is InChI=1S/C16H18N2O3.C13H19N3O/c1-3-21-16(20)10-13-5-4-6-14(9-13)11-18-15(19)8-7-12(2)17-18;1-11-3-5-12(6-4-11)13(17)14-16-9-7-15(2)8-10-16/h4-9H,3,10-11H2,1-2H3;3-6H,7-10H2,1-2H3,(H,14,17). The predicted molar refractivity (Wildman–Crippen MR) is 147 cm³/mol. The minimum Gasteiger partial charge on any atom is -0.466 e. The van der Waals surface area contributed by atoms with Gasteiger partial charge < -0.3 is 9.64 Å². The lowest BCUT2D eigenvalue weighted by molar-refractivity contribution is -0.142. The topological polar surface area (TPSA) is 96.8 Å². The molecule has 202 valence electrons. The Hall–Kier alpha value is -3.82. The van der Waals surface area contributed by atoms with E-state index in [4.69, 9.17) is 4.74 Å². The molecule has 1 N–H and O–H groups in total. The lowest BCUT2D eigenvalue weighted by atomic mass is 10.1. The molecule has 2 aromatic carbocycles. The number of carbonyl (C=O) groups excluding carboxylic acids is 2. The molecule has 0 spiro atoms. The summed E-state index contributed by atoms with van der Waals surface area (Å²) in [5, 5.41) is 6.19. The van der Waals surface area contributed by atoms with E-state index < -0.39 is 0 Å². The molecule has 1 aliphatic rings. The van der Waals surface area contributed by atoms with Gasteiger partial charge in [0, 0.05) is 37.8 Å². The van der Waals surface area contributed by atoms with Gasteiger partial charge in [-0.15, -0.1) is 0 Å². The number of carbonyl (C=O) groups is 2. The SMILES string of the molecule is CCOC(=O)Cc1cccc(Cn2nc(C)ccc2=O)c1.Cc1ccc(C(=O)NN2CCN(C)CC2)cc1. The van der Waals surface area contributed by atoms with Crippen molar-refractivity contribution in [3.05, 3.63) is 99.0 Å². The molecule has 0 radical (unpaired) electrons. The highest BCUT2D eigenvalue weighted by Crippen LogP contribution is 2.08. The zero-order chi connectivity index (χ0) is 27.5. The fourth-order valence-electron chi connectivity index (χ4n) is 3.89. The Morgan fingerprint density at radius 1 is 0.947 bits per heavy atom. The zero-order valence-electron chi connectivity index (χ0n) is 22.6. The van der Waals surface area contributed by atoms with Gasteiger partial charge in [-0.25, -0.2) is 9.69 Å². The molecule has 38 heavy (non-hydrogen) atoms. The Labute approximate surface area is 224 Å². The van der Waals surface area contributed by atoms with E-state index in [0.717, 1.165) is 48.6 Å². The first-order valence-electron chi connectivity index (χ1n) is 12.8. The predicted octanol–water partition coefficient (Wildman–Crippen LogP) is 2.59. The number of aromatic nitrogens is 2. The monoisotopic (exact) mass is 519 g/mol. The van der Waals surface area contributed by atoms with Crippen molar-refractivity contribution in [2.24, 2.45) is 0 Å². The van der Waals surface area contributed by atoms with Gasteiger partial charge in [0.1, 0.15) is 0 Å². The molecule has 0 saturated carbocycles. The van der Waals surface area contributed by atoms with Crippen molar-refractivity contribution in [1.82, 2.24) is 25.1 Å². The highest BCUT2D eigenvalue weighted by Gasteiger charge is 2.16. The third kappa shape index (κ3) is 9.24. The molecular weight excluding hydrogens is 482 g/mol. The molecule has 9 heteroatoms. The van der Waals surface area contributed by atoms with Crippen molar-refractivity contribution in [2.45, 2.75) is 33.7 Å². The van der Waals surface area contributed by atoms with Gasteiger partial charge in [-0.05, 0) is 57.1 Å². The maximum atomic E-state index is 11.9. The molecule has 0 aliphatic carbocycles. The molecule has 9 nitrogen and oxygen atoms in total. The van der Waals surface area contributed by atoms with E-state index in [2.05, 4.69) is 22.5 Å². The quantitative estimate of drug-likeness (QED) is 0.480. The summed E-state index contributed by atoms with van der Waals surface area (Å²) >= 11 is 0. The summed E-state index contributed by atoms with van der Waals surface area (Å²) in [5.41, 5.74) is 7.27. The van der Waals surface area contributed by atoms with E-state index in [-0.39, 0.29) is 23.9 Å². The normalized spacial score (nSPS) is 13.8. The maximum absolute atomic E-state index is 11.9. The number of benzene rings is 2. The number of ether oxygens (including phenoxy) is 1. The van der Waals surface area contributed by atoms with Crippen LogP contribution in [0.5, 0.6) is 0 Å². The second-order valence-electron chi connectivity index (χ2n) is 9.37. The smallest absolute Gasteiger partial charge is 0.310 e. The van der Waals surface area contributed by atoms with Crippen LogP contribution < -0.4 is 11.0 Å². The first-order valence-corrected chi connectivity index (χ1v) is 12.8. The molecule has 1 amide bonds. The summed E-state index contributed by atoms with van der Waals surface area (Å²) in [6.45, 7) is 10.2. The van der Waals surface area contributed by atoms with Crippen LogP contribution in [0.4, 0.5) is 0 Å². The van der Waals surface area contributed by atoms with Gasteiger partial charge in [0.25, 0.3) is 11.5 Å². The lowest BCUT2D eigenvalue weighted by Gasteiger charge is -2.32. The third-order valence-electron chi connectivity index (χ3n) is 6.05. The van der Waals surface area contributed by atoms with Gasteiger partial charge in [0.15, 0.2) is 0 Å². The van der Waals surface area contributed by atoms with E-state index >= 15 is 0 Å². The van der Waals surface area contributed by atoms with E-state index in [1.807, 2.05) is 67.4 Å². The summed E-state index contributed by atoms with van der Waals surface area (Å²) < 4.78 is 6.35. The number of nitrogens with one attached hydrogen (secondary N) is 1. The van der Waals surface area contributed by atoms with Crippen LogP contribution in [0.3, 0.4) is 0 Å². The van der Waals surface area contributed by atoms with Crippen LogP contribution in [0.2, 0.25) is 0 Å². The van der Waals surface area contributed by atoms with Crippen LogP contribution in [-0.4, -0.2) is 71.4 Å². The minimum atomic E-state index is -0.250. The number of esters is 1. The maximum Gasteiger partial charge on any atom is 0.310 e. The molecule has 0 unspecified atom stereocenters. The van der Waals surface area contributed by atoms with Crippen molar-refractivity contribution < 1.29 is 14.3 Å². The second kappa shape index (κ2) is 14.2. The molecule has 1 saturated heterocycles. The van der Waals surface area contributed by atoms with Gasteiger partial charge >= 0.3 is 5.97 Å². The van der Waals surface area contributed by atoms with Crippen LogP contribution in [0, 0.1) is 13.8 Å². The fraction of sp³-hybridized carbons (Fsp3) is 0.379. The average molecular weight is 520 g/mol. The van der Waals surface area contributed by atoms with Crippen molar-refractivity contribution >= 4 is 11.9 Å². The molecule has 0 bridgehead atoms. The average Bonchev–Trinajstić information content (AvgIpc) is 2.89. The molecule has 0 atom stereocenters. The zero-order valence-corrected chi connectivity index (χ0v) is 22.6. The van der Waals surface area contributed by atoms with Gasteiger partial charge in [0.05, 0.1) is 25.3 Å². The van der Waals surface area contributed by atoms with E-state index in [0.29, 0.717) is 13.2 Å². The summed E-state index contributed by atoms with van der Waals surface area (Å²) in [6, 6.07) is 18.4. The molecule has 1 aliphatic heterocycles. The molecular formula is C29H37N5O4. The number of hydrazine groups is 1. The van der Waals surface area contributed by atoms with E-state index in [9.17, 15) is 14.4 Å². The third-order valence-corrected chi connectivity index (χ3v) is 6.05. The van der Waals surface area contributed by atoms with Crippen LogP contribution >= 0.6 is 0 Å². The number of hydrogen-bond acceptors (Lipinski definition) is 7. The molecule has 1 aromatic heterocycles. The molecule has 2 heterocycles. The summed E-state index contributed by atoms with van der Waals surface area (Å²) in [7, 11) is 2.10. The first-order chi connectivity index (χ1) is 18.2. The Bertz CT molecular complexity index is 1260. The number of piperazine rings is 1. The van der Waals surface area contributed by atoms with Crippen LogP contribution in [-0.2, 0) is 22.5 Å². The lowest BCUT2D eigenvalue weighted by Crippen LogP contribution is -2.52. The van der Waals surface area contributed by atoms with E-state index in [1.165, 1.54) is 16.3 Å². The van der Waals surface area contributed by atoms with Crippen molar-refractivity contribution in [1.29, 1.82) is 0 Å². The number of hydrogen-bond donors (Lipinski definition) is 1. The van der Waals surface area contributed by atoms with Gasteiger partial charge in [-0.3, -0.25) is 19.8 Å². The Balaban J connectivity index is 0.000000215. The van der Waals surface area contributed by atoms with E-state index in [1.54, 1.807) is 13.0 Å². The molecule has 1 fully saturated rings. The number of likely N-dealkylation sites (N-methyl/N-ethyl adjacent to an activating group) is 1. The summed E-state index contributed by atoms with van der Waals surface area (Å²) in [5.74, 6) is -0.268. The highest BCUT2D eigenvalue weighted by molar-refractivity contribution is 5.93. The highest BCUT2D eigenvalue weighted by atomic mass is 16.5. The Kier molecular flexibility index (Phi) is 10.7. The van der Waals surface area contributed by atoms with Crippen LogP contribution in [0.1, 0.15) is 39.7 Å². The van der Waals surface area contributed by atoms with Gasteiger partial charge in [0.2, 0.25) is 0 Å². The van der Waals surface area contributed by atoms with Crippen molar-refractivity contribution in [2.75, 3.05) is 39.8 Å². The van der Waals surface area contributed by atoms with Crippen molar-refractivity contribution in [3.63, 3.8) is 0 Å². The Morgan fingerprint density at radius 2 is 1.63 bits per heavy atom. The summed E-state index contributed by atoms with van der Waals surface area (Å²) in [6.07, 6.45) is 0.234. The molecule has 4 rings (SSSR count). The number of aryl methyl sites for hydroxylation is 2. The van der Waals surface area contributed by atoms with Crippen molar-refractivity contribution in [3.8, 4) is 0 Å². The van der Waals surface area contributed by atoms with Crippen LogP contribution in [0.25, 0.3) is 0 Å². The largest absolute Gasteiger partial charge is 0.466 e. The fourth-order valence-corrected chi connectivity index (χ4v) is 3.89. The number of rotatable bonds is 7. The number of nitrogens with zero attached hydrogens (tertiary/aromatic N) is 4. The van der Waals surface area contributed by atoms with Crippen LogP contribution in [0.15, 0.2) is 65.5 Å².